The fourth-order valence-electron chi connectivity index (χ4n) is 0.832. The maximum atomic E-state index is 10.9. The van der Waals surface area contributed by atoms with Gasteiger partial charge in [-0.25, -0.2) is 4.79 Å². The first-order valence-corrected chi connectivity index (χ1v) is 11.1. The monoisotopic (exact) mass is 442 g/mol. The van der Waals surface area contributed by atoms with Gasteiger partial charge in [0.05, 0.1) is 6.61 Å². The van der Waals surface area contributed by atoms with E-state index in [1.807, 2.05) is 21.0 Å². The summed E-state index contributed by atoms with van der Waals surface area (Å²) in [6.07, 6.45) is 1.51. The summed E-state index contributed by atoms with van der Waals surface area (Å²) in [6, 6.07) is 0. The molecular formula is C9H20I2N2O2. The second-order valence-electron chi connectivity index (χ2n) is 3.22. The number of hydrogen-bond acceptors (Lipinski definition) is 3. The molecule has 0 bridgehead atoms. The van der Waals surface area contributed by atoms with Gasteiger partial charge in [-0.3, -0.25) is 0 Å². The number of hydrogen-bond donors (Lipinski definition) is 1. The van der Waals surface area contributed by atoms with Crippen LogP contribution in [0.15, 0.2) is 0 Å². The predicted molar refractivity (Wildman–Crippen MR) is 80.9 cm³/mol. The third kappa shape index (κ3) is 17.3. The second kappa shape index (κ2) is 14.7. The molecule has 92 valence electrons. The summed E-state index contributed by atoms with van der Waals surface area (Å²) < 4.78 is 4.83. The molecule has 1 amide bonds. The SMILES string of the molecule is CCCOC(=O)NCCCN(C)C.II. The smallest absolute Gasteiger partial charge is 0.407 e. The van der Waals surface area contributed by atoms with Crippen LogP contribution in [0.5, 0.6) is 0 Å². The summed E-state index contributed by atoms with van der Waals surface area (Å²) in [5, 5.41) is 2.68. The third-order valence-corrected chi connectivity index (χ3v) is 1.49. The van der Waals surface area contributed by atoms with E-state index in [4.69, 9.17) is 4.74 Å². The summed E-state index contributed by atoms with van der Waals surface area (Å²) in [6.45, 7) is 4.13. The standard InChI is InChI=1S/C9H20N2O2.I2/c1-4-8-13-9(12)10-6-5-7-11(2)3;1-2/h4-8H2,1-3H3,(H,10,12);. The van der Waals surface area contributed by atoms with Crippen molar-refractivity contribution in [3.63, 3.8) is 0 Å². The molecule has 0 aromatic carbocycles. The molecule has 1 N–H and O–H groups in total. The molecule has 0 atom stereocenters. The van der Waals surface area contributed by atoms with Crippen molar-refractivity contribution >= 4 is 43.3 Å². The van der Waals surface area contributed by atoms with Crippen LogP contribution in [0.2, 0.25) is 0 Å². The van der Waals surface area contributed by atoms with Gasteiger partial charge in [0.15, 0.2) is 0 Å². The van der Waals surface area contributed by atoms with Crippen LogP contribution >= 0.6 is 37.2 Å². The Balaban J connectivity index is 0. The van der Waals surface area contributed by atoms with Crippen molar-refractivity contribution in [1.82, 2.24) is 10.2 Å². The van der Waals surface area contributed by atoms with Gasteiger partial charge in [0.1, 0.15) is 0 Å². The molecule has 0 spiro atoms. The Hall–Kier alpha value is 0.690. The van der Waals surface area contributed by atoms with Gasteiger partial charge in [-0.15, -0.1) is 0 Å². The Morgan fingerprint density at radius 1 is 1.40 bits per heavy atom. The first kappa shape index (κ1) is 18.1. The van der Waals surface area contributed by atoms with Crippen LogP contribution in [0.1, 0.15) is 19.8 Å². The van der Waals surface area contributed by atoms with Crippen molar-refractivity contribution in [2.75, 3.05) is 33.8 Å². The molecule has 0 aromatic rings. The first-order valence-electron chi connectivity index (χ1n) is 4.86. The number of carbonyl (C=O) groups excluding carboxylic acids is 1. The molecule has 6 heteroatoms. The Labute approximate surface area is 116 Å². The van der Waals surface area contributed by atoms with Crippen LogP contribution < -0.4 is 5.32 Å². The summed E-state index contributed by atoms with van der Waals surface area (Å²) >= 11 is 4.24. The molecule has 0 fully saturated rings. The molecular weight excluding hydrogens is 422 g/mol. The van der Waals surface area contributed by atoms with Crippen molar-refractivity contribution in [2.45, 2.75) is 19.8 Å². The van der Waals surface area contributed by atoms with E-state index in [1.54, 1.807) is 0 Å². The third-order valence-electron chi connectivity index (χ3n) is 1.49. The van der Waals surface area contributed by atoms with E-state index in [2.05, 4.69) is 47.4 Å². The molecule has 0 radical (unpaired) electrons. The molecule has 0 unspecified atom stereocenters. The molecule has 0 aromatic heterocycles. The van der Waals surface area contributed by atoms with Crippen LogP contribution in [0.4, 0.5) is 4.79 Å². The number of halogens is 2. The minimum atomic E-state index is -0.305. The van der Waals surface area contributed by atoms with E-state index in [9.17, 15) is 4.79 Å². The second-order valence-corrected chi connectivity index (χ2v) is 3.22. The highest BCUT2D eigenvalue weighted by Gasteiger charge is 1.98. The largest absolute Gasteiger partial charge is 0.450 e. The Morgan fingerprint density at radius 3 is 2.47 bits per heavy atom. The zero-order valence-electron chi connectivity index (χ0n) is 9.56. The van der Waals surface area contributed by atoms with Crippen molar-refractivity contribution in [1.29, 1.82) is 0 Å². The van der Waals surface area contributed by atoms with Gasteiger partial charge in [0.25, 0.3) is 0 Å². The van der Waals surface area contributed by atoms with Gasteiger partial charge in [0.2, 0.25) is 0 Å². The zero-order chi connectivity index (χ0) is 12.1. The van der Waals surface area contributed by atoms with Crippen molar-refractivity contribution in [3.8, 4) is 0 Å². The number of amides is 1. The lowest BCUT2D eigenvalue weighted by Crippen LogP contribution is -2.27. The number of ether oxygens (including phenoxy) is 1. The van der Waals surface area contributed by atoms with Crippen LogP contribution in [0.3, 0.4) is 0 Å². The van der Waals surface area contributed by atoms with Crippen LogP contribution in [-0.2, 0) is 4.74 Å². The molecule has 0 saturated heterocycles. The number of nitrogens with zero attached hydrogens (tertiary/aromatic N) is 1. The van der Waals surface area contributed by atoms with Crippen LogP contribution in [0.25, 0.3) is 0 Å². The molecule has 4 nitrogen and oxygen atoms in total. The maximum absolute atomic E-state index is 10.9. The lowest BCUT2D eigenvalue weighted by Gasteiger charge is -2.09. The Kier molecular flexibility index (Phi) is 17.7. The topological polar surface area (TPSA) is 41.6 Å². The Morgan fingerprint density at radius 2 is 2.00 bits per heavy atom. The van der Waals surface area contributed by atoms with Gasteiger partial charge in [-0.05, 0) is 33.5 Å². The highest BCUT2D eigenvalue weighted by atomic mass is 128. The van der Waals surface area contributed by atoms with Crippen molar-refractivity contribution in [3.05, 3.63) is 0 Å². The minimum Gasteiger partial charge on any atom is -0.450 e. The lowest BCUT2D eigenvalue weighted by molar-refractivity contribution is 0.146. The first-order chi connectivity index (χ1) is 7.16. The van der Waals surface area contributed by atoms with Gasteiger partial charge < -0.3 is 15.0 Å². The molecule has 0 aliphatic heterocycles. The summed E-state index contributed by atoms with van der Waals surface area (Å²) in [5.41, 5.74) is 0. The van der Waals surface area contributed by atoms with Gasteiger partial charge in [-0.1, -0.05) is 6.92 Å². The van der Waals surface area contributed by atoms with Gasteiger partial charge in [0, 0.05) is 43.8 Å². The number of alkyl carbamates (subject to hydrolysis) is 1. The summed E-state index contributed by atoms with van der Waals surface area (Å²) in [4.78, 5) is 13.0. The van der Waals surface area contributed by atoms with Crippen molar-refractivity contribution in [2.24, 2.45) is 0 Å². The number of nitrogens with one attached hydrogen (secondary N) is 1. The highest BCUT2D eigenvalue weighted by Crippen LogP contribution is 1.89. The average molecular weight is 442 g/mol. The average Bonchev–Trinajstić information content (AvgIpc) is 2.24. The maximum Gasteiger partial charge on any atom is 0.407 e. The molecule has 15 heavy (non-hydrogen) atoms. The number of rotatable bonds is 6. The Bertz CT molecular complexity index is 146. The van der Waals surface area contributed by atoms with E-state index in [0.717, 1.165) is 19.4 Å². The summed E-state index contributed by atoms with van der Waals surface area (Å²) in [5.74, 6) is 0. The van der Waals surface area contributed by atoms with E-state index in [-0.39, 0.29) is 6.09 Å². The molecule has 0 saturated carbocycles. The van der Waals surface area contributed by atoms with Crippen molar-refractivity contribution < 1.29 is 9.53 Å². The molecule has 0 heterocycles. The van der Waals surface area contributed by atoms with E-state index in [0.29, 0.717) is 13.2 Å². The van der Waals surface area contributed by atoms with E-state index in [1.165, 1.54) is 0 Å². The molecule has 0 rings (SSSR count). The zero-order valence-corrected chi connectivity index (χ0v) is 13.9. The normalized spacial score (nSPS) is 9.20. The van der Waals surface area contributed by atoms with Crippen LogP contribution in [-0.4, -0.2) is 44.8 Å². The van der Waals surface area contributed by atoms with Gasteiger partial charge >= 0.3 is 6.09 Å². The van der Waals surface area contributed by atoms with E-state index >= 15 is 0 Å². The molecule has 0 aliphatic carbocycles. The molecule has 0 aliphatic rings. The number of carbonyl (C=O) groups is 1. The summed E-state index contributed by atoms with van der Waals surface area (Å²) in [7, 11) is 4.02. The quantitative estimate of drug-likeness (QED) is 0.509. The lowest BCUT2D eigenvalue weighted by atomic mass is 10.4. The minimum absolute atomic E-state index is 0.305. The predicted octanol–water partition coefficient (Wildman–Crippen LogP) is 2.85. The fraction of sp³-hybridized carbons (Fsp3) is 0.889. The van der Waals surface area contributed by atoms with Gasteiger partial charge in [-0.2, -0.15) is 0 Å². The highest BCUT2D eigenvalue weighted by molar-refractivity contribution is 15.0. The fourth-order valence-corrected chi connectivity index (χ4v) is 0.832. The van der Waals surface area contributed by atoms with Crippen LogP contribution in [0, 0.1) is 0 Å². The van der Waals surface area contributed by atoms with E-state index < -0.39 is 0 Å².